The van der Waals surface area contributed by atoms with E-state index >= 15 is 0 Å². The van der Waals surface area contributed by atoms with Gasteiger partial charge in [-0.25, -0.2) is 0 Å². The van der Waals surface area contributed by atoms with E-state index in [-0.39, 0.29) is 0 Å². The molecule has 0 aliphatic heterocycles. The average Bonchev–Trinajstić information content (AvgIpc) is 2.07. The lowest BCUT2D eigenvalue weighted by atomic mass is 10.3. The number of halogens is 2. The van der Waals surface area contributed by atoms with Crippen molar-refractivity contribution in [1.29, 1.82) is 0 Å². The van der Waals surface area contributed by atoms with Crippen molar-refractivity contribution >= 4 is 46.1 Å². The van der Waals surface area contributed by atoms with E-state index in [1.54, 1.807) is 12.1 Å². The maximum atomic E-state index is 5.90. The van der Waals surface area contributed by atoms with E-state index in [9.17, 15) is 0 Å². The molecule has 13 heavy (non-hydrogen) atoms. The molecule has 0 heterocycles. The van der Waals surface area contributed by atoms with Crippen LogP contribution in [0, 0.1) is 0 Å². The fourth-order valence-electron chi connectivity index (χ4n) is 0.823. The molecular weight excluding hydrogens is 227 g/mol. The van der Waals surface area contributed by atoms with Crippen molar-refractivity contribution in [2.24, 2.45) is 5.73 Å². The minimum atomic E-state index is 0.385. The van der Waals surface area contributed by atoms with Crippen molar-refractivity contribution < 1.29 is 0 Å². The monoisotopic (exact) mass is 234 g/mol. The van der Waals surface area contributed by atoms with Gasteiger partial charge >= 0.3 is 0 Å². The number of anilines is 1. The van der Waals surface area contributed by atoms with Gasteiger partial charge in [-0.15, -0.1) is 0 Å². The van der Waals surface area contributed by atoms with Crippen LogP contribution in [0.4, 0.5) is 5.69 Å². The van der Waals surface area contributed by atoms with Crippen LogP contribution in [-0.2, 0) is 0 Å². The quantitative estimate of drug-likeness (QED) is 0.791. The minimum absolute atomic E-state index is 0.385. The molecule has 0 bridgehead atoms. The first-order valence-corrected chi connectivity index (χ1v) is 4.74. The zero-order chi connectivity index (χ0) is 9.84. The number of hydrogen-bond donors (Lipinski definition) is 2. The largest absolute Gasteiger partial charge is 0.392 e. The second-order valence-electron chi connectivity index (χ2n) is 2.42. The number of rotatable bonds is 3. The Kier molecular flexibility index (Phi) is 3.78. The summed E-state index contributed by atoms with van der Waals surface area (Å²) in [5.74, 6) is 0. The van der Waals surface area contributed by atoms with Gasteiger partial charge < -0.3 is 11.1 Å². The van der Waals surface area contributed by atoms with Crippen LogP contribution in [-0.4, -0.2) is 11.5 Å². The van der Waals surface area contributed by atoms with Crippen molar-refractivity contribution in [3.05, 3.63) is 28.2 Å². The Balaban J connectivity index is 2.77. The Morgan fingerprint density at radius 1 is 1.46 bits per heavy atom. The lowest BCUT2D eigenvalue weighted by Crippen LogP contribution is -2.19. The maximum Gasteiger partial charge on any atom is 0.0921 e. The molecule has 0 aliphatic carbocycles. The third kappa shape index (κ3) is 3.03. The maximum absolute atomic E-state index is 5.90. The predicted octanol–water partition coefficient (Wildman–Crippen LogP) is 2.69. The van der Waals surface area contributed by atoms with Crippen LogP contribution < -0.4 is 11.1 Å². The van der Waals surface area contributed by atoms with Crippen LogP contribution in [0.5, 0.6) is 0 Å². The SMILES string of the molecule is NC(=S)CNc1cccc(Cl)c1Cl. The first-order chi connectivity index (χ1) is 6.11. The third-order valence-electron chi connectivity index (χ3n) is 1.40. The molecule has 0 fully saturated rings. The van der Waals surface area contributed by atoms with Crippen molar-refractivity contribution in [1.82, 2.24) is 0 Å². The van der Waals surface area contributed by atoms with Gasteiger partial charge in [-0.3, -0.25) is 0 Å². The van der Waals surface area contributed by atoms with E-state index in [4.69, 9.17) is 41.2 Å². The highest BCUT2D eigenvalue weighted by molar-refractivity contribution is 7.80. The number of hydrogen-bond acceptors (Lipinski definition) is 2. The molecule has 0 unspecified atom stereocenters. The van der Waals surface area contributed by atoms with Gasteiger partial charge in [0.25, 0.3) is 0 Å². The zero-order valence-corrected chi connectivity index (χ0v) is 9.01. The van der Waals surface area contributed by atoms with E-state index in [0.29, 0.717) is 21.6 Å². The van der Waals surface area contributed by atoms with E-state index in [1.165, 1.54) is 0 Å². The highest BCUT2D eigenvalue weighted by Crippen LogP contribution is 2.29. The predicted molar refractivity (Wildman–Crippen MR) is 61.7 cm³/mol. The molecule has 3 N–H and O–H groups in total. The topological polar surface area (TPSA) is 38.0 Å². The van der Waals surface area contributed by atoms with Gasteiger partial charge in [0.15, 0.2) is 0 Å². The number of thiocarbonyl (C=S) groups is 1. The molecule has 1 aromatic rings. The summed E-state index contributed by atoms with van der Waals surface area (Å²) in [5.41, 5.74) is 6.06. The van der Waals surface area contributed by atoms with E-state index in [2.05, 4.69) is 5.32 Å². The fraction of sp³-hybridized carbons (Fsp3) is 0.125. The molecule has 0 saturated heterocycles. The first-order valence-electron chi connectivity index (χ1n) is 3.57. The summed E-state index contributed by atoms with van der Waals surface area (Å²) >= 11 is 16.4. The van der Waals surface area contributed by atoms with Crippen molar-refractivity contribution in [3.63, 3.8) is 0 Å². The van der Waals surface area contributed by atoms with Crippen LogP contribution in [0.15, 0.2) is 18.2 Å². The van der Waals surface area contributed by atoms with Crippen LogP contribution in [0.25, 0.3) is 0 Å². The highest BCUT2D eigenvalue weighted by atomic mass is 35.5. The molecule has 1 rings (SSSR count). The summed E-state index contributed by atoms with van der Waals surface area (Å²) < 4.78 is 0. The minimum Gasteiger partial charge on any atom is -0.392 e. The van der Waals surface area contributed by atoms with Gasteiger partial charge in [-0.1, -0.05) is 41.5 Å². The molecule has 0 saturated carbocycles. The van der Waals surface area contributed by atoms with Gasteiger partial charge in [-0.2, -0.15) is 0 Å². The molecule has 0 aliphatic rings. The molecule has 0 amide bonds. The Bertz CT molecular complexity index is 328. The van der Waals surface area contributed by atoms with Crippen LogP contribution in [0.1, 0.15) is 0 Å². The van der Waals surface area contributed by atoms with Gasteiger partial charge in [-0.05, 0) is 12.1 Å². The van der Waals surface area contributed by atoms with Crippen molar-refractivity contribution in [2.45, 2.75) is 0 Å². The number of nitrogens with one attached hydrogen (secondary N) is 1. The standard InChI is InChI=1S/C8H8Cl2N2S/c9-5-2-1-3-6(8(5)10)12-4-7(11)13/h1-3,12H,4H2,(H2,11,13). The van der Waals surface area contributed by atoms with E-state index in [0.717, 1.165) is 5.69 Å². The molecule has 2 nitrogen and oxygen atoms in total. The van der Waals surface area contributed by atoms with Crippen LogP contribution >= 0.6 is 35.4 Å². The molecule has 0 spiro atoms. The summed E-state index contributed by atoms with van der Waals surface area (Å²) in [6.07, 6.45) is 0. The highest BCUT2D eigenvalue weighted by Gasteiger charge is 2.02. The fourth-order valence-corrected chi connectivity index (χ4v) is 1.26. The molecule has 0 atom stereocenters. The lowest BCUT2D eigenvalue weighted by Gasteiger charge is -2.07. The Morgan fingerprint density at radius 3 is 2.77 bits per heavy atom. The molecule has 0 aromatic heterocycles. The van der Waals surface area contributed by atoms with Gasteiger partial charge in [0, 0.05) is 0 Å². The second-order valence-corrected chi connectivity index (χ2v) is 3.73. The van der Waals surface area contributed by atoms with Gasteiger partial charge in [0.2, 0.25) is 0 Å². The normalized spacial score (nSPS) is 9.69. The van der Waals surface area contributed by atoms with E-state index in [1.807, 2.05) is 6.07 Å². The number of nitrogens with two attached hydrogens (primary N) is 1. The van der Waals surface area contributed by atoms with Gasteiger partial charge in [0.05, 0.1) is 27.3 Å². The summed E-state index contributed by atoms with van der Waals surface area (Å²) in [6.45, 7) is 0.412. The van der Waals surface area contributed by atoms with Crippen LogP contribution in [0.3, 0.4) is 0 Å². The summed E-state index contributed by atoms with van der Waals surface area (Å²) in [6, 6.07) is 5.33. The van der Waals surface area contributed by atoms with Crippen molar-refractivity contribution in [3.8, 4) is 0 Å². The third-order valence-corrected chi connectivity index (χ3v) is 2.37. The lowest BCUT2D eigenvalue weighted by molar-refractivity contribution is 1.38. The van der Waals surface area contributed by atoms with Crippen molar-refractivity contribution in [2.75, 3.05) is 11.9 Å². The summed E-state index contributed by atoms with van der Waals surface area (Å²) in [7, 11) is 0. The molecule has 5 heteroatoms. The van der Waals surface area contributed by atoms with E-state index < -0.39 is 0 Å². The zero-order valence-electron chi connectivity index (χ0n) is 6.68. The Hall–Kier alpha value is -0.510. The average molecular weight is 235 g/mol. The Morgan fingerprint density at radius 2 is 2.15 bits per heavy atom. The molecule has 1 aromatic carbocycles. The van der Waals surface area contributed by atoms with Crippen LogP contribution in [0.2, 0.25) is 10.0 Å². The smallest absolute Gasteiger partial charge is 0.0921 e. The summed E-state index contributed by atoms with van der Waals surface area (Å²) in [5, 5.41) is 3.97. The first kappa shape index (κ1) is 10.6. The molecule has 70 valence electrons. The Labute approximate surface area is 92.0 Å². The molecular formula is C8H8Cl2N2S. The number of benzene rings is 1. The molecule has 0 radical (unpaired) electrons. The summed E-state index contributed by atoms with van der Waals surface area (Å²) in [4.78, 5) is 0.385. The second kappa shape index (κ2) is 4.65. The van der Waals surface area contributed by atoms with Gasteiger partial charge in [0.1, 0.15) is 0 Å².